The van der Waals surface area contributed by atoms with E-state index in [0.717, 1.165) is 6.54 Å². The molecule has 1 nitrogen and oxygen atoms in total. The van der Waals surface area contributed by atoms with Crippen LogP contribution in [0.15, 0.2) is 36.4 Å². The highest BCUT2D eigenvalue weighted by molar-refractivity contribution is 5.48. The van der Waals surface area contributed by atoms with E-state index in [9.17, 15) is 0 Å². The van der Waals surface area contributed by atoms with Crippen molar-refractivity contribution < 1.29 is 0 Å². The molecular weight excluding hydrogens is 458 g/mol. The zero-order valence-electron chi connectivity index (χ0n) is 26.8. The van der Waals surface area contributed by atoms with Gasteiger partial charge in [0.15, 0.2) is 0 Å². The van der Waals surface area contributed by atoms with Gasteiger partial charge in [-0.3, -0.25) is 4.90 Å². The fourth-order valence-corrected chi connectivity index (χ4v) is 6.18. The molecule has 0 unspecified atom stereocenters. The summed E-state index contributed by atoms with van der Waals surface area (Å²) >= 11 is 0. The summed E-state index contributed by atoms with van der Waals surface area (Å²) in [5, 5.41) is 0. The largest absolute Gasteiger partial charge is 0.289 e. The number of rotatable bonds is 25. The van der Waals surface area contributed by atoms with Crippen LogP contribution >= 0.6 is 0 Å². The molecule has 220 valence electrons. The molecule has 1 aromatic rings. The summed E-state index contributed by atoms with van der Waals surface area (Å²) in [6, 6.07) is 10.8. The van der Waals surface area contributed by atoms with Gasteiger partial charge in [-0.25, -0.2) is 0 Å². The van der Waals surface area contributed by atoms with Crippen LogP contribution in [0.25, 0.3) is 6.08 Å². The maximum atomic E-state index is 2.83. The quantitative estimate of drug-likeness (QED) is 0.115. The lowest BCUT2D eigenvalue weighted by Crippen LogP contribution is -2.55. The fourth-order valence-electron chi connectivity index (χ4n) is 6.18. The third-order valence-corrected chi connectivity index (χ3v) is 8.64. The average Bonchev–Trinajstić information content (AvgIpc) is 2.89. The van der Waals surface area contributed by atoms with Gasteiger partial charge in [-0.2, -0.15) is 0 Å². The van der Waals surface area contributed by atoms with Gasteiger partial charge in [0.2, 0.25) is 0 Å². The molecule has 0 fully saturated rings. The van der Waals surface area contributed by atoms with Gasteiger partial charge in [0.25, 0.3) is 0 Å². The molecule has 1 aromatic carbocycles. The lowest BCUT2D eigenvalue weighted by molar-refractivity contribution is 0.0145. The molecule has 0 aliphatic rings. The SMILES string of the molecule is CCCCCCCCCCCC(C)(C)N(C/C=C/c1ccccc1)C(C)(C)CCCCCCCCCCC. The lowest BCUT2D eigenvalue weighted by atomic mass is 9.85. The Kier molecular flexibility index (Phi) is 20.0. The summed E-state index contributed by atoms with van der Waals surface area (Å²) in [6.07, 6.45) is 32.6. The summed E-state index contributed by atoms with van der Waals surface area (Å²) in [5.41, 5.74) is 1.73. The molecule has 0 radical (unpaired) electrons. The van der Waals surface area contributed by atoms with E-state index in [0.29, 0.717) is 0 Å². The van der Waals surface area contributed by atoms with Crippen LogP contribution < -0.4 is 0 Å². The van der Waals surface area contributed by atoms with Gasteiger partial charge >= 0.3 is 0 Å². The second-order valence-electron chi connectivity index (χ2n) is 13.2. The Labute approximate surface area is 240 Å². The summed E-state index contributed by atoms with van der Waals surface area (Å²) in [7, 11) is 0. The number of unbranched alkanes of at least 4 members (excludes halogenated alkanes) is 16. The molecule has 0 aromatic heterocycles. The highest BCUT2D eigenvalue weighted by atomic mass is 15.2. The van der Waals surface area contributed by atoms with Gasteiger partial charge in [-0.15, -0.1) is 0 Å². The molecule has 0 aliphatic carbocycles. The van der Waals surface area contributed by atoms with Crippen molar-refractivity contribution in [3.63, 3.8) is 0 Å². The second-order valence-corrected chi connectivity index (χ2v) is 13.2. The fraction of sp³-hybridized carbons (Fsp3) is 0.784. The van der Waals surface area contributed by atoms with Gasteiger partial charge in [-0.05, 0) is 46.1 Å². The Morgan fingerprint density at radius 1 is 0.526 bits per heavy atom. The topological polar surface area (TPSA) is 3.24 Å². The van der Waals surface area contributed by atoms with E-state index >= 15 is 0 Å². The lowest BCUT2D eigenvalue weighted by Gasteiger charge is -2.49. The van der Waals surface area contributed by atoms with Crippen molar-refractivity contribution in [1.82, 2.24) is 4.90 Å². The third-order valence-electron chi connectivity index (χ3n) is 8.64. The second kappa shape index (κ2) is 21.7. The van der Waals surface area contributed by atoms with Gasteiger partial charge < -0.3 is 0 Å². The first-order valence-corrected chi connectivity index (χ1v) is 16.8. The smallest absolute Gasteiger partial charge is 0.0177 e. The predicted octanol–water partition coefficient (Wildman–Crippen LogP) is 12.4. The van der Waals surface area contributed by atoms with E-state index < -0.39 is 0 Å². The first kappa shape index (κ1) is 34.9. The molecular formula is C37H67N. The molecule has 0 saturated carbocycles. The van der Waals surface area contributed by atoms with Crippen LogP contribution in [0.2, 0.25) is 0 Å². The third kappa shape index (κ3) is 16.8. The highest BCUT2D eigenvalue weighted by Gasteiger charge is 2.36. The molecule has 0 bridgehead atoms. The first-order chi connectivity index (χ1) is 18.3. The molecule has 0 spiro atoms. The minimum Gasteiger partial charge on any atom is -0.289 e. The number of nitrogens with zero attached hydrogens (tertiary/aromatic N) is 1. The van der Waals surface area contributed by atoms with E-state index in [2.05, 4.69) is 88.9 Å². The Morgan fingerprint density at radius 3 is 1.29 bits per heavy atom. The van der Waals surface area contributed by atoms with E-state index in [4.69, 9.17) is 0 Å². The standard InChI is InChI=1S/C37H67N/c1-7-9-11-13-15-17-19-21-26-32-36(3,4)38(34-28-31-35-29-24-23-25-30-35)37(5,6)33-27-22-20-18-16-14-12-10-8-2/h23-25,28-31H,7-22,26-27,32-34H2,1-6H3/b31-28+. The van der Waals surface area contributed by atoms with Crippen LogP contribution in [0.3, 0.4) is 0 Å². The molecule has 0 heterocycles. The molecule has 1 heteroatoms. The zero-order valence-corrected chi connectivity index (χ0v) is 26.8. The molecule has 0 saturated heterocycles. The molecule has 0 atom stereocenters. The minimum atomic E-state index is 0.213. The summed E-state index contributed by atoms with van der Waals surface area (Å²) in [5.74, 6) is 0. The van der Waals surface area contributed by atoms with Crippen molar-refractivity contribution in [2.45, 2.75) is 181 Å². The Hall–Kier alpha value is -1.08. The van der Waals surface area contributed by atoms with Crippen LogP contribution in [0, 0.1) is 0 Å². The van der Waals surface area contributed by atoms with Gasteiger partial charge in [0.1, 0.15) is 0 Å². The minimum absolute atomic E-state index is 0.213. The van der Waals surface area contributed by atoms with E-state index in [1.807, 2.05) is 0 Å². The molecule has 0 amide bonds. The van der Waals surface area contributed by atoms with Crippen molar-refractivity contribution in [1.29, 1.82) is 0 Å². The molecule has 0 N–H and O–H groups in total. The van der Waals surface area contributed by atoms with Crippen LogP contribution in [-0.4, -0.2) is 22.5 Å². The van der Waals surface area contributed by atoms with Crippen LogP contribution in [-0.2, 0) is 0 Å². The van der Waals surface area contributed by atoms with Crippen molar-refractivity contribution in [2.24, 2.45) is 0 Å². The van der Waals surface area contributed by atoms with Crippen LogP contribution in [0.1, 0.15) is 176 Å². The van der Waals surface area contributed by atoms with E-state index in [1.165, 1.54) is 134 Å². The summed E-state index contributed by atoms with van der Waals surface area (Å²) in [6.45, 7) is 15.7. The molecule has 1 rings (SSSR count). The number of hydrogen-bond acceptors (Lipinski definition) is 1. The maximum absolute atomic E-state index is 2.83. The van der Waals surface area contributed by atoms with Gasteiger partial charge in [0.05, 0.1) is 0 Å². The molecule has 0 aliphatic heterocycles. The van der Waals surface area contributed by atoms with Crippen LogP contribution in [0.4, 0.5) is 0 Å². The first-order valence-electron chi connectivity index (χ1n) is 16.8. The van der Waals surface area contributed by atoms with Crippen molar-refractivity contribution >= 4 is 6.08 Å². The normalized spacial score (nSPS) is 12.7. The number of benzene rings is 1. The molecule has 38 heavy (non-hydrogen) atoms. The Balaban J connectivity index is 2.58. The highest BCUT2D eigenvalue weighted by Crippen LogP contribution is 2.33. The zero-order chi connectivity index (χ0) is 28.0. The monoisotopic (exact) mass is 526 g/mol. The summed E-state index contributed by atoms with van der Waals surface area (Å²) < 4.78 is 0. The van der Waals surface area contributed by atoms with E-state index in [-0.39, 0.29) is 11.1 Å². The predicted molar refractivity (Wildman–Crippen MR) is 174 cm³/mol. The Bertz CT molecular complexity index is 637. The van der Waals surface area contributed by atoms with Crippen molar-refractivity contribution in [3.8, 4) is 0 Å². The average molecular weight is 526 g/mol. The van der Waals surface area contributed by atoms with Crippen molar-refractivity contribution in [2.75, 3.05) is 6.54 Å². The van der Waals surface area contributed by atoms with Crippen LogP contribution in [0.5, 0.6) is 0 Å². The number of hydrogen-bond donors (Lipinski definition) is 0. The van der Waals surface area contributed by atoms with Gasteiger partial charge in [0, 0.05) is 17.6 Å². The Morgan fingerprint density at radius 2 is 0.895 bits per heavy atom. The maximum Gasteiger partial charge on any atom is 0.0177 e. The van der Waals surface area contributed by atoms with Crippen molar-refractivity contribution in [3.05, 3.63) is 42.0 Å². The summed E-state index contributed by atoms with van der Waals surface area (Å²) in [4.78, 5) is 2.83. The van der Waals surface area contributed by atoms with E-state index in [1.54, 1.807) is 0 Å². The van der Waals surface area contributed by atoms with Gasteiger partial charge in [-0.1, -0.05) is 172 Å².